The monoisotopic (exact) mass is 179 g/mol. The third kappa shape index (κ3) is 8.86. The van der Waals surface area contributed by atoms with E-state index in [0.717, 1.165) is 8.27 Å². The van der Waals surface area contributed by atoms with Crippen LogP contribution in [-0.2, 0) is 0 Å². The van der Waals surface area contributed by atoms with Gasteiger partial charge in [0.1, 0.15) is 0 Å². The molecule has 10 heavy (non-hydrogen) atoms. The Morgan fingerprint density at radius 1 is 1.10 bits per heavy atom. The summed E-state index contributed by atoms with van der Waals surface area (Å²) in [6.07, 6.45) is 8.80. The zero-order valence-corrected chi connectivity index (χ0v) is 9.47. The molecule has 2 atom stereocenters. The molecule has 0 aliphatic carbocycles. The van der Waals surface area contributed by atoms with Crippen LogP contribution < -0.4 is 0 Å². The molecule has 2 unspecified atom stereocenters. The SMILES string of the molecule is CCCCCCP[PH2+]CC. The van der Waals surface area contributed by atoms with Crippen LogP contribution in [0.15, 0.2) is 0 Å². The molecular weight excluding hydrogens is 158 g/mol. The first-order valence-corrected chi connectivity index (χ1v) is 8.30. The van der Waals surface area contributed by atoms with Gasteiger partial charge in [-0.2, -0.15) is 0 Å². The van der Waals surface area contributed by atoms with Gasteiger partial charge in [-0.1, -0.05) is 26.2 Å². The van der Waals surface area contributed by atoms with E-state index in [9.17, 15) is 0 Å². The van der Waals surface area contributed by atoms with Crippen molar-refractivity contribution in [1.82, 2.24) is 0 Å². The summed E-state index contributed by atoms with van der Waals surface area (Å²) in [7, 11) is 2.16. The maximum atomic E-state index is 2.31. The minimum atomic E-state index is 0.835. The highest BCUT2D eigenvalue weighted by Crippen LogP contribution is 2.36. The predicted molar refractivity (Wildman–Crippen MR) is 57.6 cm³/mol. The average molecular weight is 179 g/mol. The molecule has 0 rings (SSSR count). The Morgan fingerprint density at radius 2 is 1.90 bits per heavy atom. The molecule has 0 aromatic heterocycles. The zero-order valence-electron chi connectivity index (χ0n) is 7.32. The molecule has 0 saturated carbocycles. The van der Waals surface area contributed by atoms with Crippen LogP contribution in [-0.4, -0.2) is 12.3 Å². The van der Waals surface area contributed by atoms with Crippen molar-refractivity contribution < 1.29 is 0 Å². The lowest BCUT2D eigenvalue weighted by molar-refractivity contribution is 0.706. The van der Waals surface area contributed by atoms with Crippen LogP contribution in [0, 0.1) is 0 Å². The Bertz CT molecular complexity index is 47.2. The Morgan fingerprint density at radius 3 is 2.50 bits per heavy atom. The molecule has 0 bridgehead atoms. The van der Waals surface area contributed by atoms with Crippen LogP contribution in [0.25, 0.3) is 0 Å². The molecule has 0 heterocycles. The maximum Gasteiger partial charge on any atom is 0.0540 e. The third-order valence-electron chi connectivity index (χ3n) is 1.52. The van der Waals surface area contributed by atoms with Crippen molar-refractivity contribution in [3.63, 3.8) is 0 Å². The fourth-order valence-electron chi connectivity index (χ4n) is 0.900. The highest BCUT2D eigenvalue weighted by Gasteiger charge is 1.91. The van der Waals surface area contributed by atoms with E-state index in [2.05, 4.69) is 13.8 Å². The van der Waals surface area contributed by atoms with Crippen molar-refractivity contribution in [1.29, 1.82) is 0 Å². The van der Waals surface area contributed by atoms with Crippen LogP contribution in [0.4, 0.5) is 0 Å². The standard InChI is InChI=1S/C8H20P2/c1-3-5-6-7-8-10-9-4-2/h9-10H,3-8H2,1-2H3/p+1. The van der Waals surface area contributed by atoms with Crippen LogP contribution in [0.2, 0.25) is 0 Å². The summed E-state index contributed by atoms with van der Waals surface area (Å²) in [4.78, 5) is 0. The van der Waals surface area contributed by atoms with Gasteiger partial charge < -0.3 is 0 Å². The first kappa shape index (κ1) is 10.9. The van der Waals surface area contributed by atoms with Crippen LogP contribution in [0.3, 0.4) is 0 Å². The molecule has 0 radical (unpaired) electrons. The van der Waals surface area contributed by atoms with Crippen LogP contribution >= 0.6 is 16.5 Å². The Hall–Kier alpha value is 0.860. The second-order valence-electron chi connectivity index (χ2n) is 2.63. The number of hydrogen-bond donors (Lipinski definition) is 0. The first-order valence-electron chi connectivity index (χ1n) is 4.46. The summed E-state index contributed by atoms with van der Waals surface area (Å²) < 4.78 is 0. The summed E-state index contributed by atoms with van der Waals surface area (Å²) in [6.45, 7) is 4.59. The van der Waals surface area contributed by atoms with E-state index in [1.165, 1.54) is 46.3 Å². The third-order valence-corrected chi connectivity index (χ3v) is 5.82. The molecule has 62 valence electrons. The van der Waals surface area contributed by atoms with E-state index in [-0.39, 0.29) is 0 Å². The summed E-state index contributed by atoms with van der Waals surface area (Å²) in [5.41, 5.74) is 0. The second-order valence-corrected chi connectivity index (χ2v) is 7.21. The zero-order chi connectivity index (χ0) is 7.66. The lowest BCUT2D eigenvalue weighted by Crippen LogP contribution is -1.76. The summed E-state index contributed by atoms with van der Waals surface area (Å²) in [5, 5.41) is 0. The fraction of sp³-hybridized carbons (Fsp3) is 1.00. The molecule has 0 aliphatic rings. The van der Waals surface area contributed by atoms with Gasteiger partial charge in [0, 0.05) is 16.5 Å². The van der Waals surface area contributed by atoms with E-state index in [4.69, 9.17) is 0 Å². The summed E-state index contributed by atoms with van der Waals surface area (Å²) in [5.74, 6) is 0. The van der Waals surface area contributed by atoms with E-state index in [1.807, 2.05) is 0 Å². The Balaban J connectivity index is 2.65. The molecule has 0 fully saturated rings. The van der Waals surface area contributed by atoms with Crippen molar-refractivity contribution in [2.75, 3.05) is 12.3 Å². The molecule has 0 spiro atoms. The number of unbranched alkanes of at least 4 members (excludes halogenated alkanes) is 3. The lowest BCUT2D eigenvalue weighted by atomic mass is 10.2. The van der Waals surface area contributed by atoms with E-state index in [1.54, 1.807) is 0 Å². The van der Waals surface area contributed by atoms with Gasteiger partial charge in [0.05, 0.1) is 6.16 Å². The quantitative estimate of drug-likeness (QED) is 0.414. The molecule has 0 N–H and O–H groups in total. The molecule has 0 nitrogen and oxygen atoms in total. The molecular formula is C8H21P2+. The van der Waals surface area contributed by atoms with Crippen molar-refractivity contribution in [3.05, 3.63) is 0 Å². The molecule has 0 saturated heterocycles. The van der Waals surface area contributed by atoms with Gasteiger partial charge in [0.2, 0.25) is 0 Å². The summed E-state index contributed by atoms with van der Waals surface area (Å²) in [6, 6.07) is 0. The van der Waals surface area contributed by atoms with Crippen molar-refractivity contribution in [2.45, 2.75) is 39.5 Å². The van der Waals surface area contributed by atoms with Crippen molar-refractivity contribution >= 4 is 16.5 Å². The van der Waals surface area contributed by atoms with Gasteiger partial charge in [-0.3, -0.25) is 0 Å². The van der Waals surface area contributed by atoms with Crippen molar-refractivity contribution in [2.24, 2.45) is 0 Å². The van der Waals surface area contributed by atoms with Gasteiger partial charge in [-0.15, -0.1) is 0 Å². The average Bonchev–Trinajstić information content (AvgIpc) is 1.97. The highest BCUT2D eigenvalue weighted by atomic mass is 32.0. The second kappa shape index (κ2) is 9.86. The lowest BCUT2D eigenvalue weighted by Gasteiger charge is -1.94. The first-order chi connectivity index (χ1) is 4.91. The predicted octanol–water partition coefficient (Wildman–Crippen LogP) is 3.59. The van der Waals surface area contributed by atoms with Gasteiger partial charge in [0.25, 0.3) is 0 Å². The van der Waals surface area contributed by atoms with Crippen LogP contribution in [0.5, 0.6) is 0 Å². The highest BCUT2D eigenvalue weighted by molar-refractivity contribution is 8.11. The topological polar surface area (TPSA) is 0 Å². The normalized spacial score (nSPS) is 12.6. The summed E-state index contributed by atoms with van der Waals surface area (Å²) >= 11 is 0. The molecule has 2 heteroatoms. The number of hydrogen-bond acceptors (Lipinski definition) is 0. The fourth-order valence-corrected chi connectivity index (χ4v) is 3.94. The van der Waals surface area contributed by atoms with Crippen LogP contribution in [0.1, 0.15) is 39.5 Å². The maximum absolute atomic E-state index is 2.31. The largest absolute Gasteiger partial charge is 0.0654 e. The van der Waals surface area contributed by atoms with Gasteiger partial charge in [-0.25, -0.2) is 0 Å². The minimum Gasteiger partial charge on any atom is -0.0654 e. The van der Waals surface area contributed by atoms with E-state index in [0.29, 0.717) is 0 Å². The van der Waals surface area contributed by atoms with Gasteiger partial charge in [-0.05, 0) is 19.5 Å². The molecule has 0 aliphatic heterocycles. The molecule has 0 aromatic carbocycles. The molecule has 0 amide bonds. The van der Waals surface area contributed by atoms with Crippen molar-refractivity contribution in [3.8, 4) is 0 Å². The Labute approximate surface area is 69.0 Å². The Kier molecular flexibility index (Phi) is 10.7. The molecule has 0 aromatic rings. The minimum absolute atomic E-state index is 0.835. The van der Waals surface area contributed by atoms with Gasteiger partial charge in [0.15, 0.2) is 0 Å². The smallest absolute Gasteiger partial charge is 0.0540 e. The van der Waals surface area contributed by atoms with E-state index >= 15 is 0 Å². The van der Waals surface area contributed by atoms with Gasteiger partial charge >= 0.3 is 0 Å². The number of rotatable bonds is 7. The van der Waals surface area contributed by atoms with E-state index < -0.39 is 0 Å².